The fourth-order valence-corrected chi connectivity index (χ4v) is 5.34. The second-order valence-corrected chi connectivity index (χ2v) is 10.7. The molecule has 1 saturated heterocycles. The van der Waals surface area contributed by atoms with Crippen molar-refractivity contribution in [1.29, 1.82) is 0 Å². The number of halogens is 2. The summed E-state index contributed by atoms with van der Waals surface area (Å²) in [6, 6.07) is 22.4. The molecule has 5 rings (SSSR count). The van der Waals surface area contributed by atoms with Crippen LogP contribution in [0.5, 0.6) is 0 Å². The number of nitrogens with one attached hydrogen (secondary N) is 1. The molecule has 12 heteroatoms. The molecule has 0 spiro atoms. The largest absolute Gasteiger partial charge is 0.368 e. The Morgan fingerprint density at radius 1 is 0.921 bits per heavy atom. The van der Waals surface area contributed by atoms with Crippen LogP contribution in [0.3, 0.4) is 0 Å². The van der Waals surface area contributed by atoms with E-state index in [1.165, 1.54) is 11.8 Å². The Balaban J connectivity index is 1.11. The van der Waals surface area contributed by atoms with Crippen molar-refractivity contribution in [2.45, 2.75) is 5.16 Å². The molecule has 9 nitrogen and oxygen atoms in total. The summed E-state index contributed by atoms with van der Waals surface area (Å²) < 4.78 is 2.37. The van der Waals surface area contributed by atoms with Gasteiger partial charge in [0.1, 0.15) is 0 Å². The highest BCUT2D eigenvalue weighted by Gasteiger charge is 2.23. The maximum atomic E-state index is 12.9. The third kappa shape index (κ3) is 6.17. The van der Waals surface area contributed by atoms with Crippen LogP contribution < -0.4 is 10.2 Å². The summed E-state index contributed by atoms with van der Waals surface area (Å²) in [5.74, 6) is 0.0336. The number of rotatable bonds is 7. The third-order valence-corrected chi connectivity index (χ3v) is 7.89. The SMILES string of the molecule is O=C(CSc1nnnn1-c1ccc(Cl)cc1)Nc1ccc(N2CCN(C(=O)c3ccccc3Br)CC2)cc1. The van der Waals surface area contributed by atoms with Gasteiger partial charge in [-0.15, -0.1) is 5.10 Å². The molecule has 0 aliphatic carbocycles. The second kappa shape index (κ2) is 12.0. The second-order valence-electron chi connectivity index (χ2n) is 8.49. The van der Waals surface area contributed by atoms with Crippen LogP contribution in [0.25, 0.3) is 5.69 Å². The highest BCUT2D eigenvalue weighted by Crippen LogP contribution is 2.23. The van der Waals surface area contributed by atoms with Gasteiger partial charge in [0.05, 0.1) is 17.0 Å². The molecule has 0 bridgehead atoms. The summed E-state index contributed by atoms with van der Waals surface area (Å²) in [5, 5.41) is 15.8. The number of hydrogen-bond acceptors (Lipinski definition) is 7. The molecule has 1 fully saturated rings. The van der Waals surface area contributed by atoms with Gasteiger partial charge in [0.2, 0.25) is 11.1 Å². The minimum atomic E-state index is -0.160. The van der Waals surface area contributed by atoms with Crippen LogP contribution >= 0.6 is 39.3 Å². The van der Waals surface area contributed by atoms with Crippen LogP contribution in [0.15, 0.2) is 82.4 Å². The van der Waals surface area contributed by atoms with Crippen LogP contribution in [0, 0.1) is 0 Å². The first kappa shape index (κ1) is 26.2. The van der Waals surface area contributed by atoms with Gasteiger partial charge in [-0.3, -0.25) is 9.59 Å². The normalized spacial score (nSPS) is 13.4. The van der Waals surface area contributed by atoms with Gasteiger partial charge in [-0.2, -0.15) is 4.68 Å². The molecule has 1 aromatic heterocycles. The summed E-state index contributed by atoms with van der Waals surface area (Å²) in [7, 11) is 0. The zero-order valence-corrected chi connectivity index (χ0v) is 23.3. The third-order valence-electron chi connectivity index (χ3n) is 6.03. The molecule has 1 aliphatic heterocycles. The molecule has 3 aromatic carbocycles. The predicted octanol–water partition coefficient (Wildman–Crippen LogP) is 4.77. The van der Waals surface area contributed by atoms with E-state index in [0.29, 0.717) is 34.5 Å². The highest BCUT2D eigenvalue weighted by molar-refractivity contribution is 9.10. The lowest BCUT2D eigenvalue weighted by Crippen LogP contribution is -2.48. The number of anilines is 2. The van der Waals surface area contributed by atoms with Gasteiger partial charge in [0.25, 0.3) is 5.91 Å². The molecular weight excluding hydrogens is 590 g/mol. The van der Waals surface area contributed by atoms with Crippen LogP contribution in [-0.4, -0.2) is 68.9 Å². The lowest BCUT2D eigenvalue weighted by molar-refractivity contribution is -0.113. The quantitative estimate of drug-likeness (QED) is 0.300. The molecule has 0 unspecified atom stereocenters. The molecule has 0 radical (unpaired) electrons. The maximum absolute atomic E-state index is 12.9. The van der Waals surface area contributed by atoms with Gasteiger partial charge in [0.15, 0.2) is 0 Å². The van der Waals surface area contributed by atoms with Gasteiger partial charge in [-0.1, -0.05) is 35.5 Å². The first-order valence-corrected chi connectivity index (χ1v) is 14.0. The Hall–Kier alpha value is -3.41. The first-order chi connectivity index (χ1) is 18.5. The molecular formula is C26H23BrClN7O2S. The Morgan fingerprint density at radius 3 is 2.32 bits per heavy atom. The Kier molecular flexibility index (Phi) is 8.26. The average molecular weight is 613 g/mol. The molecule has 4 aromatic rings. The van der Waals surface area contributed by atoms with Crippen molar-refractivity contribution < 1.29 is 9.59 Å². The Labute approximate surface area is 237 Å². The van der Waals surface area contributed by atoms with Crippen molar-refractivity contribution in [3.63, 3.8) is 0 Å². The number of amides is 2. The van der Waals surface area contributed by atoms with E-state index in [1.54, 1.807) is 16.8 Å². The minimum absolute atomic E-state index is 0.0373. The lowest BCUT2D eigenvalue weighted by Gasteiger charge is -2.36. The van der Waals surface area contributed by atoms with E-state index in [-0.39, 0.29) is 17.6 Å². The van der Waals surface area contributed by atoms with Crippen LogP contribution in [0.2, 0.25) is 5.02 Å². The minimum Gasteiger partial charge on any atom is -0.368 e. The standard InChI is InChI=1S/C26H23BrClN7O2S/c27-23-4-2-1-3-22(23)25(37)34-15-13-33(14-16-34)20-11-7-19(8-12-20)29-24(36)17-38-26-30-31-32-35(26)21-9-5-18(28)6-10-21/h1-12H,13-17H2,(H,29,36). The van der Waals surface area contributed by atoms with Crippen molar-refractivity contribution in [3.8, 4) is 5.69 Å². The fourth-order valence-electron chi connectivity index (χ4n) is 4.07. The maximum Gasteiger partial charge on any atom is 0.255 e. The predicted molar refractivity (Wildman–Crippen MR) is 152 cm³/mol. The van der Waals surface area contributed by atoms with Gasteiger partial charge in [-0.25, -0.2) is 0 Å². The fraction of sp³-hybridized carbons (Fsp3) is 0.192. The average Bonchev–Trinajstić information content (AvgIpc) is 3.41. The number of nitrogens with zero attached hydrogens (tertiary/aromatic N) is 6. The number of tetrazole rings is 1. The molecule has 1 aliphatic rings. The number of piperazine rings is 1. The van der Waals surface area contributed by atoms with Crippen LogP contribution in [0.4, 0.5) is 11.4 Å². The number of thioether (sulfide) groups is 1. The van der Waals surface area contributed by atoms with E-state index in [4.69, 9.17) is 11.6 Å². The molecule has 0 atom stereocenters. The first-order valence-electron chi connectivity index (χ1n) is 11.8. The van der Waals surface area contributed by atoms with E-state index in [9.17, 15) is 9.59 Å². The highest BCUT2D eigenvalue weighted by atomic mass is 79.9. The topological polar surface area (TPSA) is 96.2 Å². The van der Waals surface area contributed by atoms with E-state index >= 15 is 0 Å². The Bertz CT molecular complexity index is 1420. The van der Waals surface area contributed by atoms with Crippen molar-refractivity contribution in [1.82, 2.24) is 25.1 Å². The van der Waals surface area contributed by atoms with Gasteiger partial charge < -0.3 is 15.1 Å². The van der Waals surface area contributed by atoms with E-state index in [2.05, 4.69) is 41.7 Å². The van der Waals surface area contributed by atoms with Gasteiger partial charge >= 0.3 is 0 Å². The molecule has 38 heavy (non-hydrogen) atoms. The lowest BCUT2D eigenvalue weighted by atomic mass is 10.1. The zero-order valence-electron chi connectivity index (χ0n) is 20.1. The smallest absolute Gasteiger partial charge is 0.255 e. The van der Waals surface area contributed by atoms with Crippen molar-refractivity contribution in [2.75, 3.05) is 42.1 Å². The number of carbonyl (C=O) groups is 2. The summed E-state index contributed by atoms with van der Waals surface area (Å²) in [5.41, 5.74) is 3.20. The number of hydrogen-bond donors (Lipinski definition) is 1. The number of carbonyl (C=O) groups excluding carboxylic acids is 2. The molecule has 1 N–H and O–H groups in total. The monoisotopic (exact) mass is 611 g/mol. The van der Waals surface area contributed by atoms with Gasteiger partial charge in [-0.05, 0) is 87.0 Å². The molecule has 194 valence electrons. The van der Waals surface area contributed by atoms with E-state index in [1.807, 2.05) is 65.6 Å². The van der Waals surface area contributed by atoms with Crippen molar-refractivity contribution in [2.24, 2.45) is 0 Å². The summed E-state index contributed by atoms with van der Waals surface area (Å²) >= 11 is 10.7. The van der Waals surface area contributed by atoms with Crippen molar-refractivity contribution in [3.05, 3.63) is 87.9 Å². The molecule has 0 saturated carbocycles. The number of benzene rings is 3. The van der Waals surface area contributed by atoms with E-state index < -0.39 is 0 Å². The van der Waals surface area contributed by atoms with Gasteiger partial charge in [0, 0.05) is 47.0 Å². The van der Waals surface area contributed by atoms with E-state index in [0.717, 1.165) is 28.9 Å². The number of aromatic nitrogens is 4. The molecule has 2 amide bonds. The summed E-state index contributed by atoms with van der Waals surface area (Å²) in [6.45, 7) is 2.76. The molecule has 2 heterocycles. The Morgan fingerprint density at radius 2 is 1.61 bits per heavy atom. The van der Waals surface area contributed by atoms with Crippen LogP contribution in [-0.2, 0) is 4.79 Å². The summed E-state index contributed by atoms with van der Waals surface area (Å²) in [6.07, 6.45) is 0. The van der Waals surface area contributed by atoms with Crippen molar-refractivity contribution >= 4 is 62.5 Å². The summed E-state index contributed by atoms with van der Waals surface area (Å²) in [4.78, 5) is 29.5. The zero-order chi connectivity index (χ0) is 26.5. The van der Waals surface area contributed by atoms with Crippen LogP contribution in [0.1, 0.15) is 10.4 Å².